The zero-order valence-electron chi connectivity index (χ0n) is 14.7. The molecule has 2 aromatic heterocycles. The largest absolute Gasteiger partial charge is 0.347 e. The summed E-state index contributed by atoms with van der Waals surface area (Å²) in [6.07, 6.45) is 6.14. The Kier molecular flexibility index (Phi) is 5.25. The lowest BCUT2D eigenvalue weighted by molar-refractivity contribution is 0.0922. The number of nitrogens with zero attached hydrogens (tertiary/aromatic N) is 5. The maximum absolute atomic E-state index is 12.5. The van der Waals surface area contributed by atoms with E-state index in [1.807, 2.05) is 0 Å². The number of fused-ring (bicyclic) bond motifs is 1. The summed E-state index contributed by atoms with van der Waals surface area (Å²) < 4.78 is 3.32. The molecule has 0 spiro atoms. The molecule has 0 fully saturated rings. The third kappa shape index (κ3) is 4.12. The van der Waals surface area contributed by atoms with E-state index in [1.54, 1.807) is 27.7 Å². The summed E-state index contributed by atoms with van der Waals surface area (Å²) in [6.45, 7) is 5.49. The number of aromatic nitrogens is 5. The van der Waals surface area contributed by atoms with Crippen molar-refractivity contribution < 1.29 is 4.79 Å². The number of carbonyl (C=O) groups is 1. The summed E-state index contributed by atoms with van der Waals surface area (Å²) in [6, 6.07) is 1.66. The quantitative estimate of drug-likeness (QED) is 0.874. The van der Waals surface area contributed by atoms with Gasteiger partial charge in [-0.3, -0.25) is 9.36 Å². The van der Waals surface area contributed by atoms with Gasteiger partial charge in [-0.25, -0.2) is 19.4 Å². The second-order valence-corrected chi connectivity index (χ2v) is 6.83. The molecule has 8 heteroatoms. The molecule has 0 aromatic carbocycles. The van der Waals surface area contributed by atoms with Gasteiger partial charge in [0, 0.05) is 37.9 Å². The van der Waals surface area contributed by atoms with E-state index in [9.17, 15) is 9.59 Å². The Hall–Kier alpha value is -2.51. The monoisotopic (exact) mass is 344 g/mol. The van der Waals surface area contributed by atoms with Crippen LogP contribution in [0, 0.1) is 5.92 Å². The van der Waals surface area contributed by atoms with Crippen LogP contribution in [0.3, 0.4) is 0 Å². The van der Waals surface area contributed by atoms with Crippen molar-refractivity contribution in [2.45, 2.75) is 58.7 Å². The highest BCUT2D eigenvalue weighted by Gasteiger charge is 2.23. The lowest BCUT2D eigenvalue weighted by Gasteiger charge is -2.15. The summed E-state index contributed by atoms with van der Waals surface area (Å²) in [7, 11) is 0. The summed E-state index contributed by atoms with van der Waals surface area (Å²) in [5.74, 6) is 1.23. The molecule has 0 aliphatic carbocycles. The van der Waals surface area contributed by atoms with Crippen molar-refractivity contribution in [1.82, 2.24) is 29.6 Å². The van der Waals surface area contributed by atoms with Gasteiger partial charge >= 0.3 is 5.69 Å². The van der Waals surface area contributed by atoms with Crippen LogP contribution in [-0.2, 0) is 19.5 Å². The van der Waals surface area contributed by atoms with Crippen LogP contribution >= 0.6 is 0 Å². The Morgan fingerprint density at radius 2 is 2.08 bits per heavy atom. The van der Waals surface area contributed by atoms with Gasteiger partial charge in [0.15, 0.2) is 0 Å². The second kappa shape index (κ2) is 7.58. The molecule has 3 rings (SSSR count). The minimum atomic E-state index is -0.278. The van der Waals surface area contributed by atoms with Gasteiger partial charge in [-0.15, -0.1) is 0 Å². The van der Waals surface area contributed by atoms with E-state index in [0.29, 0.717) is 31.8 Å². The summed E-state index contributed by atoms with van der Waals surface area (Å²) in [5.41, 5.74) is -0.0472. The smallest absolute Gasteiger partial charge is 0.345 e. The Morgan fingerprint density at radius 1 is 1.32 bits per heavy atom. The van der Waals surface area contributed by atoms with E-state index < -0.39 is 0 Å². The van der Waals surface area contributed by atoms with Gasteiger partial charge in [-0.05, 0) is 31.2 Å². The van der Waals surface area contributed by atoms with Crippen molar-refractivity contribution in [3.63, 3.8) is 0 Å². The molecular weight excluding hydrogens is 320 g/mol. The molecule has 2 aromatic rings. The molecule has 1 N–H and O–H groups in total. The fourth-order valence-corrected chi connectivity index (χ4v) is 2.96. The van der Waals surface area contributed by atoms with Crippen molar-refractivity contribution in [2.75, 3.05) is 0 Å². The second-order valence-electron chi connectivity index (χ2n) is 6.83. The normalized spacial score (nSPS) is 17.2. The molecule has 1 unspecified atom stereocenters. The van der Waals surface area contributed by atoms with Crippen molar-refractivity contribution >= 4 is 5.91 Å². The van der Waals surface area contributed by atoms with E-state index in [2.05, 4.69) is 34.2 Å². The molecule has 8 nitrogen and oxygen atoms in total. The van der Waals surface area contributed by atoms with Crippen molar-refractivity contribution in [2.24, 2.45) is 5.92 Å². The number of amides is 1. The van der Waals surface area contributed by atoms with Crippen LogP contribution in [-0.4, -0.2) is 36.3 Å². The molecular formula is C17H24N6O2. The van der Waals surface area contributed by atoms with Gasteiger partial charge in [0.05, 0.1) is 0 Å². The van der Waals surface area contributed by atoms with Gasteiger partial charge < -0.3 is 5.32 Å². The highest BCUT2D eigenvalue weighted by atomic mass is 16.2. The van der Waals surface area contributed by atoms with Crippen molar-refractivity contribution in [3.8, 4) is 0 Å². The molecule has 0 saturated heterocycles. The number of aryl methyl sites for hydroxylation is 2. The summed E-state index contributed by atoms with van der Waals surface area (Å²) in [5, 5.41) is 7.44. The SMILES string of the molecule is CC(C)CCn1nc2n(c1=O)CCC(NC(=O)c1ncccn1)CC2. The molecule has 0 saturated carbocycles. The van der Waals surface area contributed by atoms with Gasteiger partial charge in [0.25, 0.3) is 5.91 Å². The van der Waals surface area contributed by atoms with Gasteiger partial charge in [-0.2, -0.15) is 5.10 Å². The predicted molar refractivity (Wildman–Crippen MR) is 92.2 cm³/mol. The number of carbonyl (C=O) groups excluding carboxylic acids is 1. The molecule has 1 aliphatic heterocycles. The Labute approximate surface area is 146 Å². The number of nitrogens with one attached hydrogen (secondary N) is 1. The first-order valence-electron chi connectivity index (χ1n) is 8.79. The Bertz CT molecular complexity index is 780. The maximum Gasteiger partial charge on any atom is 0.345 e. The fourth-order valence-electron chi connectivity index (χ4n) is 2.96. The van der Waals surface area contributed by atoms with Crippen LogP contribution < -0.4 is 11.0 Å². The fraction of sp³-hybridized carbons (Fsp3) is 0.588. The van der Waals surface area contributed by atoms with Crippen LogP contribution in [0.25, 0.3) is 0 Å². The molecule has 1 aliphatic rings. The predicted octanol–water partition coefficient (Wildman–Crippen LogP) is 1.02. The lowest BCUT2D eigenvalue weighted by Crippen LogP contribution is -2.36. The van der Waals surface area contributed by atoms with Crippen LogP contribution in [0.5, 0.6) is 0 Å². The number of hydrogen-bond acceptors (Lipinski definition) is 5. The van der Waals surface area contributed by atoms with Crippen LogP contribution in [0.1, 0.15) is 49.6 Å². The molecule has 0 radical (unpaired) electrons. The zero-order chi connectivity index (χ0) is 17.8. The Balaban J connectivity index is 1.63. The first-order valence-corrected chi connectivity index (χ1v) is 8.79. The number of hydrogen-bond donors (Lipinski definition) is 1. The summed E-state index contributed by atoms with van der Waals surface area (Å²) in [4.78, 5) is 32.6. The highest BCUT2D eigenvalue weighted by molar-refractivity contribution is 5.90. The van der Waals surface area contributed by atoms with Crippen molar-refractivity contribution in [3.05, 3.63) is 40.6 Å². The van der Waals surface area contributed by atoms with E-state index >= 15 is 0 Å². The summed E-state index contributed by atoms with van der Waals surface area (Å²) >= 11 is 0. The Morgan fingerprint density at radius 3 is 2.80 bits per heavy atom. The van der Waals surface area contributed by atoms with Crippen LogP contribution in [0.2, 0.25) is 0 Å². The molecule has 134 valence electrons. The van der Waals surface area contributed by atoms with E-state index in [-0.39, 0.29) is 23.5 Å². The average Bonchev–Trinajstić information content (AvgIpc) is 2.77. The lowest BCUT2D eigenvalue weighted by atomic mass is 10.1. The highest BCUT2D eigenvalue weighted by Crippen LogP contribution is 2.13. The first-order chi connectivity index (χ1) is 12.0. The van der Waals surface area contributed by atoms with E-state index in [4.69, 9.17) is 0 Å². The molecule has 1 atom stereocenters. The minimum absolute atomic E-state index is 0.0125. The van der Waals surface area contributed by atoms with Crippen molar-refractivity contribution in [1.29, 1.82) is 0 Å². The molecule has 3 heterocycles. The van der Waals surface area contributed by atoms with E-state index in [1.165, 1.54) is 0 Å². The van der Waals surface area contributed by atoms with Crippen LogP contribution in [0.15, 0.2) is 23.3 Å². The van der Waals surface area contributed by atoms with E-state index in [0.717, 1.165) is 18.7 Å². The number of rotatable bonds is 5. The average molecular weight is 344 g/mol. The first kappa shape index (κ1) is 17.3. The standard InChI is InChI=1S/C17H24N6O2/c1-12(2)6-11-23-17(25)22-10-7-13(4-5-14(22)21-23)20-16(24)15-18-8-3-9-19-15/h3,8-9,12-13H,4-7,10-11H2,1-2H3,(H,20,24). The third-order valence-electron chi connectivity index (χ3n) is 4.44. The molecule has 1 amide bonds. The molecule has 25 heavy (non-hydrogen) atoms. The van der Waals surface area contributed by atoms with Gasteiger partial charge in [-0.1, -0.05) is 13.8 Å². The maximum atomic E-state index is 12.5. The molecule has 0 bridgehead atoms. The zero-order valence-corrected chi connectivity index (χ0v) is 14.7. The van der Waals surface area contributed by atoms with Crippen LogP contribution in [0.4, 0.5) is 0 Å². The van der Waals surface area contributed by atoms with Gasteiger partial charge in [0.2, 0.25) is 5.82 Å². The third-order valence-corrected chi connectivity index (χ3v) is 4.44. The minimum Gasteiger partial charge on any atom is -0.347 e. The van der Waals surface area contributed by atoms with Gasteiger partial charge in [0.1, 0.15) is 5.82 Å². The topological polar surface area (TPSA) is 94.7 Å².